The van der Waals surface area contributed by atoms with Crippen LogP contribution in [-0.4, -0.2) is 39.6 Å². The third-order valence-electron chi connectivity index (χ3n) is 8.10. The lowest BCUT2D eigenvalue weighted by Gasteiger charge is -2.37. The van der Waals surface area contributed by atoms with Gasteiger partial charge < -0.3 is 0 Å². The normalized spacial score (nSPS) is 30.2. The molecule has 0 unspecified atom stereocenters. The Kier molecular flexibility index (Phi) is 5.56. The molecule has 0 N–H and O–H groups in total. The number of Topliss-reactive ketones (excluding diaryl/α,β-unsaturated/α-hetero) is 1. The molecule has 2 aromatic carbocycles. The molecule has 4 aliphatic carbocycles. The zero-order valence-corrected chi connectivity index (χ0v) is 21.4. The van der Waals surface area contributed by atoms with E-state index in [9.17, 15) is 19.2 Å². The lowest BCUT2D eigenvalue weighted by atomic mass is 9.63. The zero-order chi connectivity index (χ0) is 25.5. The molecule has 0 radical (unpaired) electrons. The molecule has 2 saturated carbocycles. The first-order valence-electron chi connectivity index (χ1n) is 11.8. The quantitative estimate of drug-likeness (QED) is 0.290. The Morgan fingerprint density at radius 1 is 0.889 bits per heavy atom. The van der Waals surface area contributed by atoms with Gasteiger partial charge in [0.2, 0.25) is 0 Å². The van der Waals surface area contributed by atoms with Crippen LogP contribution in [0.3, 0.4) is 0 Å². The van der Waals surface area contributed by atoms with Gasteiger partial charge >= 0.3 is 0 Å². The summed E-state index contributed by atoms with van der Waals surface area (Å²) in [6.45, 7) is 1.51. The number of amides is 3. The number of hydrazine groups is 1. The third-order valence-corrected chi connectivity index (χ3v) is 8.90. The molecule has 1 saturated heterocycles. The number of imide groups is 1. The molecule has 0 spiro atoms. The van der Waals surface area contributed by atoms with E-state index in [2.05, 4.69) is 12.2 Å². The molecule has 0 aromatic heterocycles. The molecule has 1 aliphatic heterocycles. The van der Waals surface area contributed by atoms with E-state index in [0.717, 1.165) is 16.4 Å². The number of nitrogens with zero attached hydrogens (tertiary/aromatic N) is 2. The Morgan fingerprint density at radius 2 is 1.44 bits per heavy atom. The molecule has 2 aromatic rings. The van der Waals surface area contributed by atoms with E-state index in [1.807, 2.05) is 0 Å². The topological polar surface area (TPSA) is 74.8 Å². The first kappa shape index (κ1) is 23.7. The van der Waals surface area contributed by atoms with Crippen molar-refractivity contribution in [3.8, 4) is 0 Å². The van der Waals surface area contributed by atoms with Crippen molar-refractivity contribution in [3.05, 3.63) is 80.8 Å². The Hall–Kier alpha value is -2.67. The molecule has 1 heterocycles. The van der Waals surface area contributed by atoms with E-state index in [4.69, 9.17) is 34.8 Å². The predicted octanol–water partition coefficient (Wildman–Crippen LogP) is 5.33. The number of benzene rings is 2. The fourth-order valence-electron chi connectivity index (χ4n) is 6.35. The van der Waals surface area contributed by atoms with Crippen LogP contribution in [0.25, 0.3) is 0 Å². The van der Waals surface area contributed by atoms with Crippen LogP contribution in [0.5, 0.6) is 0 Å². The maximum Gasteiger partial charge on any atom is 0.275 e. The van der Waals surface area contributed by atoms with Crippen LogP contribution in [-0.2, 0) is 9.59 Å². The number of hydrogen-bond donors (Lipinski definition) is 0. The van der Waals surface area contributed by atoms with Gasteiger partial charge in [0.15, 0.2) is 5.78 Å². The summed E-state index contributed by atoms with van der Waals surface area (Å²) < 4.78 is 0. The van der Waals surface area contributed by atoms with Crippen LogP contribution in [0.1, 0.15) is 34.1 Å². The maximum atomic E-state index is 13.9. The number of allylic oxidation sites excluding steroid dienone is 2. The zero-order valence-electron chi connectivity index (χ0n) is 19.1. The first-order chi connectivity index (χ1) is 17.2. The Labute approximate surface area is 222 Å². The lowest BCUT2D eigenvalue weighted by molar-refractivity contribution is -0.156. The summed E-state index contributed by atoms with van der Waals surface area (Å²) in [4.78, 5) is 55.1. The van der Waals surface area contributed by atoms with Crippen LogP contribution in [0.15, 0.2) is 54.6 Å². The maximum absolute atomic E-state index is 13.9. The van der Waals surface area contributed by atoms with Crippen molar-refractivity contribution in [1.29, 1.82) is 0 Å². The second kappa shape index (κ2) is 8.44. The average molecular weight is 544 g/mol. The van der Waals surface area contributed by atoms with Gasteiger partial charge in [-0.05, 0) is 79.5 Å². The standard InChI is InChI=1S/C27H21Cl3N2O4/c1-12(24(33)13-2-4-14(28)5-3-13)31(25(34)18-7-6-15(29)10-21(18)30)32-26(35)22-16-8-9-17(20-11-19(16)20)23(22)27(32)36/h2-10,12,16-17,19-20,22-23H,11H2,1H3/t12-,16+,17+,19+,20+,22-,23-/m1/s1. The smallest absolute Gasteiger partial charge is 0.275 e. The van der Waals surface area contributed by atoms with E-state index < -0.39 is 41.4 Å². The molecule has 3 amide bonds. The summed E-state index contributed by atoms with van der Waals surface area (Å²) in [5.74, 6) is -2.33. The van der Waals surface area contributed by atoms with Crippen molar-refractivity contribution < 1.29 is 19.2 Å². The minimum absolute atomic E-state index is 0.0233. The summed E-state index contributed by atoms with van der Waals surface area (Å²) in [6, 6.07) is 9.39. The molecule has 36 heavy (non-hydrogen) atoms. The highest BCUT2D eigenvalue weighted by Crippen LogP contribution is 2.65. The number of carbonyl (C=O) groups excluding carboxylic acids is 4. The minimum atomic E-state index is -1.17. The van der Waals surface area contributed by atoms with E-state index in [0.29, 0.717) is 27.4 Å². The van der Waals surface area contributed by atoms with Crippen LogP contribution < -0.4 is 0 Å². The molecule has 9 heteroatoms. The monoisotopic (exact) mass is 542 g/mol. The van der Waals surface area contributed by atoms with Crippen LogP contribution in [0, 0.1) is 35.5 Å². The van der Waals surface area contributed by atoms with Gasteiger partial charge in [-0.3, -0.25) is 19.2 Å². The largest absolute Gasteiger partial charge is 0.292 e. The molecule has 5 aliphatic rings. The molecule has 184 valence electrons. The van der Waals surface area contributed by atoms with Gasteiger partial charge in [-0.1, -0.05) is 47.0 Å². The van der Waals surface area contributed by atoms with Gasteiger partial charge in [0.25, 0.3) is 17.7 Å². The van der Waals surface area contributed by atoms with Crippen LogP contribution in [0.4, 0.5) is 0 Å². The van der Waals surface area contributed by atoms with Crippen molar-refractivity contribution in [2.45, 2.75) is 19.4 Å². The Bertz CT molecular complexity index is 1320. The van der Waals surface area contributed by atoms with E-state index in [1.54, 1.807) is 24.3 Å². The van der Waals surface area contributed by atoms with Crippen molar-refractivity contribution in [2.24, 2.45) is 35.5 Å². The van der Waals surface area contributed by atoms with Gasteiger partial charge in [-0.2, -0.15) is 5.01 Å². The second-order valence-electron chi connectivity index (χ2n) is 9.96. The molecule has 2 bridgehead atoms. The number of rotatable bonds is 5. The number of hydrogen-bond acceptors (Lipinski definition) is 4. The van der Waals surface area contributed by atoms with Gasteiger partial charge in [-0.15, -0.1) is 0 Å². The molecule has 7 rings (SSSR count). The summed E-state index contributed by atoms with van der Waals surface area (Å²) in [6.07, 6.45) is 5.13. The van der Waals surface area contributed by atoms with Crippen LogP contribution in [0.2, 0.25) is 15.1 Å². The summed E-state index contributed by atoms with van der Waals surface area (Å²) in [5.41, 5.74) is 0.336. The van der Waals surface area contributed by atoms with Crippen molar-refractivity contribution in [1.82, 2.24) is 10.0 Å². The van der Waals surface area contributed by atoms with Gasteiger partial charge in [0.1, 0.15) is 6.04 Å². The average Bonchev–Trinajstić information content (AvgIpc) is 3.64. The number of carbonyl (C=O) groups is 4. The van der Waals surface area contributed by atoms with Crippen molar-refractivity contribution >= 4 is 58.3 Å². The van der Waals surface area contributed by atoms with E-state index >= 15 is 0 Å². The van der Waals surface area contributed by atoms with E-state index in [1.165, 1.54) is 25.1 Å². The summed E-state index contributed by atoms with van der Waals surface area (Å²) in [5, 5.41) is 2.74. The second-order valence-corrected chi connectivity index (χ2v) is 11.2. The molecular formula is C27H21Cl3N2O4. The molecule has 7 atom stereocenters. The van der Waals surface area contributed by atoms with Gasteiger partial charge in [0, 0.05) is 15.6 Å². The minimum Gasteiger partial charge on any atom is -0.292 e. The Morgan fingerprint density at radius 3 is 2.00 bits per heavy atom. The first-order valence-corrected chi connectivity index (χ1v) is 13.0. The van der Waals surface area contributed by atoms with Crippen LogP contribution >= 0.6 is 34.8 Å². The highest BCUT2D eigenvalue weighted by molar-refractivity contribution is 6.37. The van der Waals surface area contributed by atoms with Gasteiger partial charge in [-0.25, -0.2) is 5.01 Å². The molecular weight excluding hydrogens is 523 g/mol. The highest BCUT2D eigenvalue weighted by atomic mass is 35.5. The van der Waals surface area contributed by atoms with Crippen molar-refractivity contribution in [2.75, 3.05) is 0 Å². The summed E-state index contributed by atoms with van der Waals surface area (Å²) >= 11 is 18.3. The SMILES string of the molecule is C[C@H](C(=O)c1ccc(Cl)cc1)N(C(=O)c1ccc(Cl)cc1Cl)N1C(=O)[C@@H]2[C@H]3C=C[C@@H]([C@@H]4C[C@@H]34)[C@H]2C1=O. The number of halogens is 3. The molecule has 3 fully saturated rings. The predicted molar refractivity (Wildman–Crippen MR) is 134 cm³/mol. The lowest BCUT2D eigenvalue weighted by Crippen LogP contribution is -2.56. The Balaban J connectivity index is 1.42. The summed E-state index contributed by atoms with van der Waals surface area (Å²) in [7, 11) is 0. The fourth-order valence-corrected chi connectivity index (χ4v) is 6.96. The number of ketones is 1. The fraction of sp³-hybridized carbons (Fsp3) is 0.333. The molecule has 6 nitrogen and oxygen atoms in total. The third kappa shape index (κ3) is 3.46. The van der Waals surface area contributed by atoms with Gasteiger partial charge in [0.05, 0.1) is 22.4 Å². The van der Waals surface area contributed by atoms with E-state index in [-0.39, 0.29) is 22.4 Å². The highest BCUT2D eigenvalue weighted by Gasteiger charge is 2.68. The van der Waals surface area contributed by atoms with Crippen molar-refractivity contribution in [3.63, 3.8) is 0 Å².